The third kappa shape index (κ3) is 8.95. The molecule has 0 bridgehead atoms. The molecule has 0 saturated carbocycles. The van der Waals surface area contributed by atoms with Crippen molar-refractivity contribution >= 4 is 23.3 Å². The quantitative estimate of drug-likeness (QED) is 0.204. The van der Waals surface area contributed by atoms with Crippen molar-refractivity contribution in [2.75, 3.05) is 14.2 Å². The molecule has 1 radical (unpaired) electrons. The van der Waals surface area contributed by atoms with E-state index in [1.165, 1.54) is 25.1 Å². The number of hydrogen-bond acceptors (Lipinski definition) is 9. The van der Waals surface area contributed by atoms with Gasteiger partial charge in [-0.15, -0.1) is 0 Å². The number of aliphatic hydroxyl groups is 2. The Morgan fingerprint density at radius 1 is 1.12 bits per heavy atom. The molecule has 137 valence electrons. The van der Waals surface area contributed by atoms with Gasteiger partial charge in [-0.1, -0.05) is 0 Å². The van der Waals surface area contributed by atoms with Gasteiger partial charge in [0.2, 0.25) is 0 Å². The van der Waals surface area contributed by atoms with E-state index in [9.17, 15) is 25.1 Å². The minimum atomic E-state index is -1.53. The van der Waals surface area contributed by atoms with E-state index < -0.39 is 22.5 Å². The Balaban J connectivity index is -0.000000817. The number of carbonyl (C=O) groups excluding carboxylic acids is 1. The number of aliphatic carboxylic acids is 1. The van der Waals surface area contributed by atoms with E-state index in [2.05, 4.69) is 10.2 Å². The number of benzene rings is 1. The Bertz CT molecular complexity index is 603. The van der Waals surface area contributed by atoms with E-state index in [0.29, 0.717) is 5.56 Å². The number of aliphatic hydroxyl groups excluding tert-OH is 2. The van der Waals surface area contributed by atoms with Crippen LogP contribution in [0.4, 0.5) is 5.69 Å². The summed E-state index contributed by atoms with van der Waals surface area (Å²) in [7, 11) is 2.00. The van der Waals surface area contributed by atoms with Crippen LogP contribution >= 0.6 is 0 Å². The number of carboxylic acid groups (broad SMARTS) is 1. The molecule has 0 aromatic heterocycles. The number of nitro groups is 1. The minimum Gasteiger partial charge on any atom is -0.857 e. The molecule has 0 fully saturated rings. The van der Waals surface area contributed by atoms with Gasteiger partial charge in [-0.05, 0) is 31.5 Å². The molecule has 2 N–H and O–H groups in total. The van der Waals surface area contributed by atoms with Crippen LogP contribution in [0.1, 0.15) is 18.1 Å². The second-order valence-corrected chi connectivity index (χ2v) is 3.64. The second-order valence-electron chi connectivity index (χ2n) is 3.64. The van der Waals surface area contributed by atoms with Crippen LogP contribution in [0.15, 0.2) is 28.4 Å². The molecule has 0 amide bonds. The molecule has 0 aliphatic heterocycles. The smallest absolute Gasteiger partial charge is 0.857 e. The molecule has 10 nitrogen and oxygen atoms in total. The first-order valence-corrected chi connectivity index (χ1v) is 5.98. The number of nitrogens with zero attached hydrogens (tertiary/aromatic N) is 3. The van der Waals surface area contributed by atoms with E-state index in [1.807, 2.05) is 0 Å². The molecule has 0 spiro atoms. The first-order chi connectivity index (χ1) is 10.8. The summed E-state index contributed by atoms with van der Waals surface area (Å²) >= 11 is 0. The Labute approximate surface area is 148 Å². The van der Waals surface area contributed by atoms with Gasteiger partial charge in [-0.2, -0.15) is 10.2 Å². The Morgan fingerprint density at radius 2 is 1.62 bits per heavy atom. The number of aryl methyl sites for hydroxylation is 1. The van der Waals surface area contributed by atoms with Crippen LogP contribution in [-0.2, 0) is 21.9 Å². The third-order valence-corrected chi connectivity index (χ3v) is 2.23. The van der Waals surface area contributed by atoms with Crippen LogP contribution in [0.3, 0.4) is 0 Å². The van der Waals surface area contributed by atoms with Crippen molar-refractivity contribution in [3.8, 4) is 0 Å². The molecule has 0 aliphatic carbocycles. The Kier molecular flexibility index (Phi) is 15.8. The zero-order valence-electron chi connectivity index (χ0n) is 13.3. The number of rotatable bonds is 4. The average molecular weight is 391 g/mol. The summed E-state index contributed by atoms with van der Waals surface area (Å²) in [5, 5.41) is 52.9. The fraction of sp³-hybridized carbons (Fsp3) is 0.308. The molecule has 1 rings (SSSR count). The summed E-state index contributed by atoms with van der Waals surface area (Å²) in [6, 6.07) is 3.68. The predicted molar refractivity (Wildman–Crippen MR) is 78.8 cm³/mol. The monoisotopic (exact) mass is 390 g/mol. The van der Waals surface area contributed by atoms with E-state index in [1.54, 1.807) is 0 Å². The number of carboxylic acids is 1. The summed E-state index contributed by atoms with van der Waals surface area (Å²) in [5.74, 6) is -2.32. The van der Waals surface area contributed by atoms with Crippen molar-refractivity contribution in [2.45, 2.75) is 13.8 Å². The first kappa shape index (κ1) is 26.6. The summed E-state index contributed by atoms with van der Waals surface area (Å²) in [6.07, 6.45) is 0. The van der Waals surface area contributed by atoms with Gasteiger partial charge in [-0.25, -0.2) is 0 Å². The molecule has 1 aromatic rings. The Morgan fingerprint density at radius 3 is 2.00 bits per heavy atom. The van der Waals surface area contributed by atoms with Gasteiger partial charge in [-0.3, -0.25) is 10.1 Å². The van der Waals surface area contributed by atoms with E-state index in [0.717, 1.165) is 21.1 Å². The summed E-state index contributed by atoms with van der Waals surface area (Å²) in [6.45, 7) is 2.61. The summed E-state index contributed by atoms with van der Waals surface area (Å²) in [5.41, 5.74) is -0.178. The number of hydrogen-bond donors (Lipinski definition) is 2. The van der Waals surface area contributed by atoms with Crippen LogP contribution < -0.4 is 10.2 Å². The molecule has 0 atom stereocenters. The second kappa shape index (κ2) is 14.3. The van der Waals surface area contributed by atoms with E-state index in [-0.39, 0.29) is 28.3 Å². The average Bonchev–Trinajstić information content (AvgIpc) is 2.55. The number of nitro benzene ring substituents is 1. The van der Waals surface area contributed by atoms with Crippen LogP contribution in [0, 0.1) is 17.0 Å². The van der Waals surface area contributed by atoms with Gasteiger partial charge in [0.25, 0.3) is 5.69 Å². The molecular formula is C13H17CuN3O7. The summed E-state index contributed by atoms with van der Waals surface area (Å²) < 4.78 is 0. The van der Waals surface area contributed by atoms with Crippen molar-refractivity contribution < 1.29 is 47.2 Å². The van der Waals surface area contributed by atoms with E-state index in [4.69, 9.17) is 10.2 Å². The molecule has 0 heterocycles. The predicted octanol–water partition coefficient (Wildman–Crippen LogP) is -1.65. The van der Waals surface area contributed by atoms with Gasteiger partial charge in [0.1, 0.15) is 0 Å². The Hall–Kier alpha value is -2.33. The summed E-state index contributed by atoms with van der Waals surface area (Å²) in [4.78, 5) is 20.4. The van der Waals surface area contributed by atoms with Crippen molar-refractivity contribution in [3.05, 3.63) is 39.4 Å². The molecule has 0 unspecified atom stereocenters. The molecule has 0 saturated heterocycles. The maximum Gasteiger partial charge on any atom is 2.00 e. The van der Waals surface area contributed by atoms with Crippen LogP contribution in [0.5, 0.6) is 0 Å². The molecule has 24 heavy (non-hydrogen) atoms. The minimum absolute atomic E-state index is 0. The van der Waals surface area contributed by atoms with Gasteiger partial charge >= 0.3 is 17.1 Å². The van der Waals surface area contributed by atoms with Crippen LogP contribution in [-0.4, -0.2) is 46.9 Å². The van der Waals surface area contributed by atoms with Crippen molar-refractivity contribution in [1.29, 1.82) is 0 Å². The van der Waals surface area contributed by atoms with Gasteiger partial charge in [0.15, 0.2) is 0 Å². The molecule has 0 aliphatic rings. The maximum atomic E-state index is 11.5. The first-order valence-electron chi connectivity index (χ1n) is 5.98. The largest absolute Gasteiger partial charge is 2.00 e. The fourth-order valence-electron chi connectivity index (χ4n) is 1.21. The van der Waals surface area contributed by atoms with Crippen LogP contribution in [0.25, 0.3) is 0 Å². The van der Waals surface area contributed by atoms with Gasteiger partial charge in [0.05, 0.1) is 16.6 Å². The molecule has 11 heteroatoms. The molecule has 1 aromatic carbocycles. The number of carbonyl (C=O) groups is 1. The van der Waals surface area contributed by atoms with E-state index >= 15 is 0 Å². The van der Waals surface area contributed by atoms with Crippen molar-refractivity contribution in [1.82, 2.24) is 0 Å². The van der Waals surface area contributed by atoms with Crippen LogP contribution in [0.2, 0.25) is 0 Å². The fourth-order valence-corrected chi connectivity index (χ4v) is 1.21. The third-order valence-electron chi connectivity index (χ3n) is 2.23. The zero-order valence-corrected chi connectivity index (χ0v) is 14.3. The maximum absolute atomic E-state index is 11.5. The van der Waals surface area contributed by atoms with Crippen molar-refractivity contribution in [3.63, 3.8) is 0 Å². The molecular weight excluding hydrogens is 374 g/mol. The SMILES string of the molecule is C/C(=N\N=C(/[O-])c1ccc([N+](=O)[O-])c(C)c1)C(=O)[O-].CO.CO.[Cu+2]. The van der Waals surface area contributed by atoms with Crippen molar-refractivity contribution in [2.24, 2.45) is 10.2 Å². The zero-order chi connectivity index (χ0) is 18.6. The standard InChI is InChI=1S/C11H11N3O5.2CH4O.Cu/c1-6-5-8(3-4-9(6)14(18)19)10(15)13-12-7(2)11(16)17;2*1-2;/h3-5H,1-2H3,(H,13,15)(H,16,17);2*2H,1H3;/q;;;+2/p-2/b12-7+;;;. The topological polar surface area (TPSA) is 172 Å². The normalized spacial score (nSPS) is 10.2. The van der Waals surface area contributed by atoms with Gasteiger partial charge in [0, 0.05) is 31.7 Å². The van der Waals surface area contributed by atoms with Gasteiger partial charge < -0.3 is 25.2 Å².